The highest BCUT2D eigenvalue weighted by molar-refractivity contribution is 7.93. The first kappa shape index (κ1) is 48.4. The van der Waals surface area contributed by atoms with Crippen LogP contribution in [0.2, 0.25) is 0 Å². The average molecular weight is 892 g/mol. The van der Waals surface area contributed by atoms with E-state index in [4.69, 9.17) is 10.5 Å². The van der Waals surface area contributed by atoms with Crippen LogP contribution >= 0.6 is 0 Å². The van der Waals surface area contributed by atoms with E-state index in [1.807, 2.05) is 36.4 Å². The lowest BCUT2D eigenvalue weighted by Gasteiger charge is -2.32. The van der Waals surface area contributed by atoms with Gasteiger partial charge in [0.25, 0.3) is 0 Å². The summed E-state index contributed by atoms with van der Waals surface area (Å²) in [5.41, 5.74) is 9.16. The number of para-hydroxylation sites is 2. The predicted octanol–water partition coefficient (Wildman–Crippen LogP) is 4.38. The van der Waals surface area contributed by atoms with Crippen molar-refractivity contribution in [3.63, 3.8) is 0 Å². The lowest BCUT2D eigenvalue weighted by atomic mass is 9.98. The standard InChI is InChI=1S/C23H31N3O4S.C23H30N2O5S/c24-16-23(28)21-8-6-19(7-9-21)17-26(22-4-2-1-3-5-22)31(29,30)15-14-25-12-10-20(18-27)11-13-25;1-30-23(27)21-9-7-19(8-10-21)17-25(22-5-3-2-4-6-22)31(28,29)16-15-24-13-11-20(18-26)12-14-24/h1-9,20,27H,10-18,24H2;2-10,20,26H,11-18H2,1H3. The second-order valence-electron chi connectivity index (χ2n) is 15.8. The number of aliphatic hydroxyl groups is 2. The molecule has 2 fully saturated rings. The van der Waals surface area contributed by atoms with Gasteiger partial charge in [-0.1, -0.05) is 72.8 Å². The van der Waals surface area contributed by atoms with E-state index < -0.39 is 26.0 Å². The number of likely N-dealkylation sites (tertiary alicyclic amines) is 2. The Morgan fingerprint density at radius 1 is 0.613 bits per heavy atom. The Morgan fingerprint density at radius 3 is 1.32 bits per heavy atom. The molecule has 6 rings (SSSR count). The van der Waals surface area contributed by atoms with E-state index in [-0.39, 0.29) is 50.1 Å². The first-order chi connectivity index (χ1) is 29.8. The van der Waals surface area contributed by atoms with Gasteiger partial charge in [-0.3, -0.25) is 13.4 Å². The zero-order valence-corrected chi connectivity index (χ0v) is 37.1. The van der Waals surface area contributed by atoms with Crippen molar-refractivity contribution < 1.29 is 41.4 Å². The highest BCUT2D eigenvalue weighted by Crippen LogP contribution is 2.25. The molecule has 0 unspecified atom stereocenters. The summed E-state index contributed by atoms with van der Waals surface area (Å²) in [6.07, 6.45) is 3.58. The lowest BCUT2D eigenvalue weighted by Crippen LogP contribution is -2.41. The van der Waals surface area contributed by atoms with Crippen LogP contribution in [0.1, 0.15) is 57.5 Å². The molecule has 0 amide bonds. The number of Topliss-reactive ketones (excluding diaryl/α,β-unsaturated/α-hetero) is 1. The van der Waals surface area contributed by atoms with Crippen molar-refractivity contribution in [1.82, 2.24) is 9.80 Å². The van der Waals surface area contributed by atoms with Crippen LogP contribution in [0.15, 0.2) is 109 Å². The van der Waals surface area contributed by atoms with Gasteiger partial charge < -0.3 is 30.5 Å². The van der Waals surface area contributed by atoms with Crippen molar-refractivity contribution in [1.29, 1.82) is 0 Å². The number of carbonyl (C=O) groups is 2. The molecule has 0 bridgehead atoms. The van der Waals surface area contributed by atoms with E-state index in [0.29, 0.717) is 47.4 Å². The van der Waals surface area contributed by atoms with Gasteiger partial charge in [-0.05, 0) is 111 Å². The number of nitrogens with two attached hydrogens (primary N) is 1. The van der Waals surface area contributed by atoms with Crippen LogP contribution in [0, 0.1) is 11.8 Å². The quantitative estimate of drug-likeness (QED) is 0.0891. The zero-order valence-electron chi connectivity index (χ0n) is 35.5. The van der Waals surface area contributed by atoms with Gasteiger partial charge >= 0.3 is 5.97 Å². The number of aliphatic hydroxyl groups excluding tert-OH is 2. The van der Waals surface area contributed by atoms with Gasteiger partial charge in [-0.2, -0.15) is 0 Å². The summed E-state index contributed by atoms with van der Waals surface area (Å²) in [6.45, 7) is 4.87. The van der Waals surface area contributed by atoms with Crippen LogP contribution < -0.4 is 14.3 Å². The number of anilines is 2. The summed E-state index contributed by atoms with van der Waals surface area (Å²) < 4.78 is 60.8. The highest BCUT2D eigenvalue weighted by Gasteiger charge is 2.27. The Labute approximate surface area is 367 Å². The molecule has 0 aliphatic carbocycles. The Morgan fingerprint density at radius 2 is 0.984 bits per heavy atom. The fourth-order valence-electron chi connectivity index (χ4n) is 7.49. The number of rotatable bonds is 19. The summed E-state index contributed by atoms with van der Waals surface area (Å²) >= 11 is 0. The van der Waals surface area contributed by atoms with Gasteiger partial charge in [0.15, 0.2) is 5.78 Å². The van der Waals surface area contributed by atoms with Crippen LogP contribution in [0.25, 0.3) is 0 Å². The molecule has 2 saturated heterocycles. The number of piperidine rings is 2. The van der Waals surface area contributed by atoms with Crippen LogP contribution in [-0.2, 0) is 37.9 Å². The van der Waals surface area contributed by atoms with Crippen molar-refractivity contribution in [2.45, 2.75) is 38.8 Å². The number of sulfonamides is 2. The monoisotopic (exact) mass is 891 g/mol. The number of ketones is 1. The van der Waals surface area contributed by atoms with E-state index in [9.17, 15) is 36.6 Å². The molecule has 336 valence electrons. The third-order valence-electron chi connectivity index (χ3n) is 11.5. The molecule has 2 aliphatic rings. The molecule has 0 saturated carbocycles. The summed E-state index contributed by atoms with van der Waals surface area (Å²) in [6, 6.07) is 31.8. The lowest BCUT2D eigenvalue weighted by molar-refractivity contribution is 0.0600. The Kier molecular flexibility index (Phi) is 18.5. The Balaban J connectivity index is 0.000000234. The molecule has 2 aliphatic heterocycles. The van der Waals surface area contributed by atoms with Gasteiger partial charge in [-0.15, -0.1) is 0 Å². The largest absolute Gasteiger partial charge is 0.465 e. The van der Waals surface area contributed by atoms with Crippen LogP contribution in [0.3, 0.4) is 0 Å². The van der Waals surface area contributed by atoms with Crippen molar-refractivity contribution >= 4 is 43.2 Å². The van der Waals surface area contributed by atoms with Crippen LogP contribution in [-0.4, -0.2) is 126 Å². The van der Waals surface area contributed by atoms with E-state index in [0.717, 1.165) is 63.0 Å². The van der Waals surface area contributed by atoms with Crippen molar-refractivity contribution in [2.75, 3.05) is 86.3 Å². The van der Waals surface area contributed by atoms with Gasteiger partial charge in [0.1, 0.15) is 0 Å². The minimum atomic E-state index is -3.57. The fraction of sp³-hybridized carbons (Fsp3) is 0.435. The molecule has 0 aromatic heterocycles. The maximum atomic E-state index is 13.3. The summed E-state index contributed by atoms with van der Waals surface area (Å²) in [7, 11) is -5.81. The second-order valence-corrected chi connectivity index (χ2v) is 19.8. The number of methoxy groups -OCH3 is 1. The number of ether oxygens (including phenoxy) is 1. The molecule has 16 heteroatoms. The first-order valence-corrected chi connectivity index (χ1v) is 24.3. The van der Waals surface area contributed by atoms with Crippen LogP contribution in [0.5, 0.6) is 0 Å². The smallest absolute Gasteiger partial charge is 0.337 e. The number of nitrogens with zero attached hydrogens (tertiary/aromatic N) is 4. The molecular weight excluding hydrogens is 831 g/mol. The first-order valence-electron chi connectivity index (χ1n) is 21.1. The van der Waals surface area contributed by atoms with Crippen molar-refractivity contribution in [2.24, 2.45) is 17.6 Å². The van der Waals surface area contributed by atoms with E-state index in [1.165, 1.54) is 15.7 Å². The molecule has 0 radical (unpaired) electrons. The molecular formula is C46H61N5O9S2. The van der Waals surface area contributed by atoms with E-state index in [1.54, 1.807) is 72.8 Å². The topological polar surface area (TPSA) is 191 Å². The van der Waals surface area contributed by atoms with Gasteiger partial charge in [0, 0.05) is 31.9 Å². The summed E-state index contributed by atoms with van der Waals surface area (Å²) in [5, 5.41) is 18.6. The van der Waals surface area contributed by atoms with Gasteiger partial charge in [0.05, 0.1) is 55.2 Å². The number of hydrogen-bond acceptors (Lipinski definition) is 12. The minimum absolute atomic E-state index is 0.0198. The zero-order chi connectivity index (χ0) is 44.5. The Hall–Kier alpha value is -4.68. The SMILES string of the molecule is COC(=O)c1ccc(CN(c2ccccc2)S(=O)(=O)CCN2CCC(CO)CC2)cc1.NCC(=O)c1ccc(CN(c2ccccc2)S(=O)(=O)CCN2CCC(CO)CC2)cc1. The third-order valence-corrected chi connectivity index (χ3v) is 14.9. The van der Waals surface area contributed by atoms with Gasteiger partial charge in [-0.25, -0.2) is 21.6 Å². The molecule has 0 atom stereocenters. The summed E-state index contributed by atoms with van der Waals surface area (Å²) in [5.74, 6) is 0.110. The maximum Gasteiger partial charge on any atom is 0.337 e. The van der Waals surface area contributed by atoms with Crippen LogP contribution in [0.4, 0.5) is 11.4 Å². The number of carbonyl (C=O) groups excluding carboxylic acids is 2. The van der Waals surface area contributed by atoms with Crippen molar-refractivity contribution in [3.05, 3.63) is 131 Å². The van der Waals surface area contributed by atoms with Gasteiger partial charge in [0.2, 0.25) is 20.0 Å². The predicted molar refractivity (Wildman–Crippen MR) is 243 cm³/mol. The molecule has 2 heterocycles. The molecule has 4 aromatic carbocycles. The Bertz CT molecular complexity index is 2040. The highest BCUT2D eigenvalue weighted by atomic mass is 32.2. The second kappa shape index (κ2) is 23.7. The normalized spacial score (nSPS) is 15.6. The molecule has 0 spiro atoms. The molecule has 4 N–H and O–H groups in total. The van der Waals surface area contributed by atoms with E-state index in [2.05, 4.69) is 9.80 Å². The van der Waals surface area contributed by atoms with Crippen molar-refractivity contribution in [3.8, 4) is 0 Å². The molecule has 4 aromatic rings. The number of hydrogen-bond donors (Lipinski definition) is 3. The minimum Gasteiger partial charge on any atom is -0.465 e. The fourth-order valence-corrected chi connectivity index (χ4v) is 10.5. The maximum absolute atomic E-state index is 13.3. The summed E-state index contributed by atoms with van der Waals surface area (Å²) in [4.78, 5) is 27.7. The molecule has 14 nitrogen and oxygen atoms in total. The average Bonchev–Trinajstić information content (AvgIpc) is 3.32. The van der Waals surface area contributed by atoms with E-state index >= 15 is 0 Å². The third kappa shape index (κ3) is 14.2. The number of benzene rings is 4. The number of esters is 1. The molecule has 62 heavy (non-hydrogen) atoms.